The van der Waals surface area contributed by atoms with Crippen molar-refractivity contribution in [1.29, 1.82) is 0 Å². The van der Waals surface area contributed by atoms with Gasteiger partial charge in [-0.3, -0.25) is 4.68 Å². The van der Waals surface area contributed by atoms with Gasteiger partial charge in [-0.05, 0) is 37.0 Å². The summed E-state index contributed by atoms with van der Waals surface area (Å²) in [5, 5.41) is 6.52. The second kappa shape index (κ2) is 4.37. The summed E-state index contributed by atoms with van der Waals surface area (Å²) in [6.45, 7) is 2.88. The molecule has 0 aliphatic heterocycles. The first kappa shape index (κ1) is 11.7. The maximum Gasteiger partial charge on any atom is 0.179 e. The van der Waals surface area contributed by atoms with Gasteiger partial charge in [0.1, 0.15) is 5.52 Å². The van der Waals surface area contributed by atoms with Crippen molar-refractivity contribution in [3.8, 4) is 0 Å². The minimum atomic E-state index is 0.776. The van der Waals surface area contributed by atoms with Gasteiger partial charge >= 0.3 is 0 Å². The Kier molecular flexibility index (Phi) is 2.83. The molecule has 4 nitrogen and oxygen atoms in total. The number of nitrogens with one attached hydrogen (secondary N) is 1. The highest BCUT2D eigenvalue weighted by Gasteiger charge is 2.12. The van der Waals surface area contributed by atoms with Crippen molar-refractivity contribution < 1.29 is 0 Å². The number of rotatable bonds is 3. The zero-order valence-corrected chi connectivity index (χ0v) is 11.9. The fourth-order valence-corrected chi connectivity index (χ4v) is 3.23. The van der Waals surface area contributed by atoms with Crippen LogP contribution in [-0.2, 0) is 20.0 Å². The van der Waals surface area contributed by atoms with E-state index in [2.05, 4.69) is 32.2 Å². The molecular formula is C12H14N4S2. The third-order valence-corrected chi connectivity index (χ3v) is 4.35. The van der Waals surface area contributed by atoms with E-state index in [0.29, 0.717) is 0 Å². The lowest BCUT2D eigenvalue weighted by atomic mass is 10.3. The van der Waals surface area contributed by atoms with Gasteiger partial charge in [-0.2, -0.15) is 5.10 Å². The molecule has 6 heteroatoms. The highest BCUT2D eigenvalue weighted by atomic mass is 32.1. The molecule has 0 fully saturated rings. The number of thiophene rings is 1. The molecule has 3 aromatic heterocycles. The lowest BCUT2D eigenvalue weighted by molar-refractivity contribution is 0.668. The Hall–Kier alpha value is -1.40. The molecule has 1 N–H and O–H groups in total. The van der Waals surface area contributed by atoms with Crippen LogP contribution in [-0.4, -0.2) is 19.3 Å². The van der Waals surface area contributed by atoms with Crippen molar-refractivity contribution in [1.82, 2.24) is 19.3 Å². The molecule has 0 bridgehead atoms. The minimum absolute atomic E-state index is 0.776. The molecule has 0 atom stereocenters. The Morgan fingerprint density at radius 1 is 1.50 bits per heavy atom. The van der Waals surface area contributed by atoms with Gasteiger partial charge in [-0.15, -0.1) is 11.3 Å². The fourth-order valence-electron chi connectivity index (χ4n) is 2.26. The molecule has 0 amide bonds. The number of fused-ring (bicyclic) bond motifs is 1. The first-order valence-electron chi connectivity index (χ1n) is 5.81. The molecule has 0 radical (unpaired) electrons. The van der Waals surface area contributed by atoms with Crippen molar-refractivity contribution in [3.63, 3.8) is 0 Å². The van der Waals surface area contributed by atoms with Gasteiger partial charge in [0.2, 0.25) is 0 Å². The van der Waals surface area contributed by atoms with Gasteiger partial charge in [0.05, 0.1) is 5.69 Å². The van der Waals surface area contributed by atoms with Crippen molar-refractivity contribution in [2.24, 2.45) is 7.05 Å². The number of nitrogens with zero attached hydrogens (tertiary/aromatic N) is 3. The smallest absolute Gasteiger partial charge is 0.179 e. The summed E-state index contributed by atoms with van der Waals surface area (Å²) in [6, 6.07) is 4.24. The molecule has 0 unspecified atom stereocenters. The van der Waals surface area contributed by atoms with Gasteiger partial charge < -0.3 is 9.55 Å². The lowest BCUT2D eigenvalue weighted by Gasteiger charge is -2.03. The number of aromatic amines is 1. The summed E-state index contributed by atoms with van der Waals surface area (Å²) in [4.78, 5) is 4.62. The summed E-state index contributed by atoms with van der Waals surface area (Å²) >= 11 is 7.18. The molecule has 3 rings (SSSR count). The molecule has 0 spiro atoms. The van der Waals surface area contributed by atoms with Crippen LogP contribution in [0.1, 0.15) is 10.6 Å². The van der Waals surface area contributed by atoms with Crippen LogP contribution in [0, 0.1) is 11.7 Å². The molecule has 3 aromatic rings. The third kappa shape index (κ3) is 1.81. The summed E-state index contributed by atoms with van der Waals surface area (Å²) in [5.41, 5.74) is 3.12. The average Bonchev–Trinajstić information content (AvgIpc) is 2.98. The minimum Gasteiger partial charge on any atom is -0.328 e. The molecule has 3 heterocycles. The Balaban J connectivity index is 2.00. The Morgan fingerprint density at radius 3 is 3.06 bits per heavy atom. The predicted molar refractivity (Wildman–Crippen MR) is 76.6 cm³/mol. The van der Waals surface area contributed by atoms with E-state index in [-0.39, 0.29) is 0 Å². The Morgan fingerprint density at radius 2 is 2.33 bits per heavy atom. The first-order valence-corrected chi connectivity index (χ1v) is 7.10. The lowest BCUT2D eigenvalue weighted by Crippen LogP contribution is -2.04. The zero-order valence-electron chi connectivity index (χ0n) is 10.3. The first-order chi connectivity index (χ1) is 8.66. The van der Waals surface area contributed by atoms with Crippen LogP contribution in [0.25, 0.3) is 11.2 Å². The van der Waals surface area contributed by atoms with Crippen LogP contribution in [0.3, 0.4) is 0 Å². The van der Waals surface area contributed by atoms with Crippen LogP contribution in [0.15, 0.2) is 17.5 Å². The largest absolute Gasteiger partial charge is 0.328 e. The maximum atomic E-state index is 5.39. The Bertz CT molecular complexity index is 730. The zero-order chi connectivity index (χ0) is 12.7. The number of hydrogen-bond donors (Lipinski definition) is 1. The van der Waals surface area contributed by atoms with Crippen LogP contribution in [0.5, 0.6) is 0 Å². The van der Waals surface area contributed by atoms with E-state index in [4.69, 9.17) is 12.2 Å². The summed E-state index contributed by atoms with van der Waals surface area (Å²) in [6.07, 6.45) is 1.00. The number of H-pyrrole nitrogens is 1. The van der Waals surface area contributed by atoms with E-state index in [9.17, 15) is 0 Å². The normalized spacial score (nSPS) is 11.4. The molecule has 0 aromatic carbocycles. The molecule has 18 heavy (non-hydrogen) atoms. The standard InChI is InChI=1S/C12H14N4S2/c1-8-10-11(15(2)14-8)16(12(17)13-10)6-5-9-4-3-7-18-9/h3-4,7H,5-6H2,1-2H3,(H,13,17). The number of aryl methyl sites for hydroxylation is 4. The molecule has 0 saturated carbocycles. The van der Waals surface area contributed by atoms with Crippen LogP contribution >= 0.6 is 23.6 Å². The van der Waals surface area contributed by atoms with E-state index in [1.807, 2.05) is 18.7 Å². The average molecular weight is 278 g/mol. The molecule has 0 aliphatic rings. The van der Waals surface area contributed by atoms with E-state index in [1.165, 1.54) is 4.88 Å². The van der Waals surface area contributed by atoms with E-state index in [0.717, 1.165) is 34.6 Å². The SMILES string of the molecule is Cc1nn(C)c2c1[nH]c(=S)n2CCc1cccs1. The number of hydrogen-bond acceptors (Lipinski definition) is 3. The highest BCUT2D eigenvalue weighted by Crippen LogP contribution is 2.18. The van der Waals surface area contributed by atoms with E-state index >= 15 is 0 Å². The van der Waals surface area contributed by atoms with Gasteiger partial charge in [0.15, 0.2) is 10.4 Å². The second-order valence-corrected chi connectivity index (χ2v) is 5.74. The molecule has 0 aliphatic carbocycles. The van der Waals surface area contributed by atoms with Crippen molar-refractivity contribution in [2.75, 3.05) is 0 Å². The van der Waals surface area contributed by atoms with Crippen molar-refractivity contribution in [2.45, 2.75) is 19.9 Å². The summed E-state index contributed by atoms with van der Waals surface area (Å²) in [7, 11) is 1.96. The van der Waals surface area contributed by atoms with Gasteiger partial charge in [-0.25, -0.2) is 0 Å². The molecule has 0 saturated heterocycles. The van der Waals surface area contributed by atoms with Gasteiger partial charge in [-0.1, -0.05) is 6.07 Å². The Labute approximate surface area is 114 Å². The van der Waals surface area contributed by atoms with Crippen LogP contribution < -0.4 is 0 Å². The monoisotopic (exact) mass is 278 g/mol. The predicted octanol–water partition coefficient (Wildman–Crippen LogP) is 3.05. The number of aromatic nitrogens is 4. The third-order valence-electron chi connectivity index (χ3n) is 3.09. The topological polar surface area (TPSA) is 38.5 Å². The van der Waals surface area contributed by atoms with E-state index in [1.54, 1.807) is 11.3 Å². The van der Waals surface area contributed by atoms with Gasteiger partial charge in [0, 0.05) is 18.5 Å². The highest BCUT2D eigenvalue weighted by molar-refractivity contribution is 7.71. The molecule has 94 valence electrons. The number of imidazole rings is 1. The quantitative estimate of drug-likeness (QED) is 0.748. The van der Waals surface area contributed by atoms with Crippen molar-refractivity contribution in [3.05, 3.63) is 32.9 Å². The van der Waals surface area contributed by atoms with Gasteiger partial charge in [0.25, 0.3) is 0 Å². The van der Waals surface area contributed by atoms with E-state index < -0.39 is 0 Å². The van der Waals surface area contributed by atoms with Crippen molar-refractivity contribution >= 4 is 34.7 Å². The summed E-state index contributed by atoms with van der Waals surface area (Å²) in [5.74, 6) is 0. The molecular weight excluding hydrogens is 264 g/mol. The van der Waals surface area contributed by atoms with Crippen LogP contribution in [0.4, 0.5) is 0 Å². The fraction of sp³-hybridized carbons (Fsp3) is 0.333. The summed E-state index contributed by atoms with van der Waals surface area (Å²) < 4.78 is 4.80. The maximum absolute atomic E-state index is 5.39. The second-order valence-electron chi connectivity index (χ2n) is 4.32. The van der Waals surface area contributed by atoms with Crippen LogP contribution in [0.2, 0.25) is 0 Å².